The molecule has 0 saturated heterocycles. The maximum Gasteiger partial charge on any atom is 0.242 e. The predicted molar refractivity (Wildman–Crippen MR) is 179 cm³/mol. The fraction of sp³-hybridized carbons (Fsp3) is 0.833. The van der Waals surface area contributed by atoms with E-state index in [-0.39, 0.29) is 117 Å². The van der Waals surface area contributed by atoms with Crippen LogP contribution in [0, 0.1) is 0 Å². The number of carbonyl (C=O) groups is 5. The molecule has 0 rings (SSSR count). The SMILES string of the molecule is CCOC(C)(C)CCC(=O)NC(CCC(=O)NC(CCC(=O)NCCOCCON)C(=O)NCCOCCON)C(=O)NCCOCCON. The Labute approximate surface area is 294 Å². The van der Waals surface area contributed by atoms with Gasteiger partial charge in [0, 0.05) is 45.5 Å². The summed E-state index contributed by atoms with van der Waals surface area (Å²) >= 11 is 0. The van der Waals surface area contributed by atoms with Gasteiger partial charge < -0.3 is 60.0 Å². The molecule has 292 valence electrons. The molecule has 11 N–H and O–H groups in total. The van der Waals surface area contributed by atoms with Crippen molar-refractivity contribution in [2.24, 2.45) is 17.7 Å². The molecule has 0 radical (unpaired) electrons. The van der Waals surface area contributed by atoms with E-state index in [1.807, 2.05) is 20.8 Å². The van der Waals surface area contributed by atoms with Gasteiger partial charge in [-0.15, -0.1) is 0 Å². The average molecular weight is 725 g/mol. The summed E-state index contributed by atoms with van der Waals surface area (Å²) < 4.78 is 21.5. The highest BCUT2D eigenvalue weighted by atomic mass is 16.6. The highest BCUT2D eigenvalue weighted by Gasteiger charge is 2.26. The lowest BCUT2D eigenvalue weighted by Crippen LogP contribution is -2.50. The Morgan fingerprint density at radius 1 is 0.560 bits per heavy atom. The maximum absolute atomic E-state index is 13.1. The lowest BCUT2D eigenvalue weighted by atomic mass is 10.0. The monoisotopic (exact) mass is 724 g/mol. The Balaban J connectivity index is 5.33. The van der Waals surface area contributed by atoms with Gasteiger partial charge in [-0.1, -0.05) is 0 Å². The summed E-state index contributed by atoms with van der Waals surface area (Å²) in [4.78, 5) is 77.5. The van der Waals surface area contributed by atoms with Gasteiger partial charge in [0.2, 0.25) is 29.5 Å². The second kappa shape index (κ2) is 30.7. The van der Waals surface area contributed by atoms with Crippen molar-refractivity contribution >= 4 is 29.5 Å². The van der Waals surface area contributed by atoms with Crippen LogP contribution in [-0.4, -0.2) is 133 Å². The summed E-state index contributed by atoms with van der Waals surface area (Å²) in [7, 11) is 0. The molecule has 20 heteroatoms. The van der Waals surface area contributed by atoms with Crippen LogP contribution in [0.3, 0.4) is 0 Å². The van der Waals surface area contributed by atoms with Crippen LogP contribution in [0.15, 0.2) is 0 Å². The van der Waals surface area contributed by atoms with Crippen LogP contribution < -0.4 is 44.3 Å². The zero-order valence-corrected chi connectivity index (χ0v) is 29.7. The minimum Gasteiger partial charge on any atom is -0.377 e. The van der Waals surface area contributed by atoms with Gasteiger partial charge in [0.25, 0.3) is 0 Å². The van der Waals surface area contributed by atoms with Gasteiger partial charge in [-0.05, 0) is 40.0 Å². The first-order valence-corrected chi connectivity index (χ1v) is 16.7. The molecule has 0 aliphatic heterocycles. The maximum atomic E-state index is 13.1. The van der Waals surface area contributed by atoms with E-state index in [1.165, 1.54) is 0 Å². The molecule has 0 saturated carbocycles. The number of nitrogens with two attached hydrogens (primary N) is 3. The van der Waals surface area contributed by atoms with Crippen molar-refractivity contribution < 1.29 is 57.4 Å². The summed E-state index contributed by atoms with van der Waals surface area (Å²) in [5, 5.41) is 13.4. The molecular formula is C30H60N8O12. The van der Waals surface area contributed by atoms with Gasteiger partial charge in [-0.25, -0.2) is 17.7 Å². The first kappa shape index (κ1) is 47.0. The van der Waals surface area contributed by atoms with Gasteiger partial charge >= 0.3 is 0 Å². The van der Waals surface area contributed by atoms with Crippen molar-refractivity contribution in [1.82, 2.24) is 26.6 Å². The summed E-state index contributed by atoms with van der Waals surface area (Å²) in [5.74, 6) is 12.5. The van der Waals surface area contributed by atoms with Gasteiger partial charge in [-0.2, -0.15) is 0 Å². The second-order valence-electron chi connectivity index (χ2n) is 11.4. The van der Waals surface area contributed by atoms with E-state index in [0.29, 0.717) is 13.0 Å². The number of carbonyl (C=O) groups excluding carboxylic acids is 5. The average Bonchev–Trinajstić information content (AvgIpc) is 3.08. The van der Waals surface area contributed by atoms with E-state index in [4.69, 9.17) is 36.6 Å². The molecule has 0 bridgehead atoms. The first-order chi connectivity index (χ1) is 24.0. The summed E-state index contributed by atoms with van der Waals surface area (Å²) in [6, 6.07) is -2.13. The Kier molecular flexibility index (Phi) is 28.9. The minimum absolute atomic E-state index is 0.0153. The molecule has 0 aliphatic carbocycles. The topological polar surface area (TPSA) is 288 Å². The number of ether oxygens (including phenoxy) is 4. The molecule has 0 spiro atoms. The molecule has 20 nitrogen and oxygen atoms in total. The van der Waals surface area contributed by atoms with Crippen molar-refractivity contribution in [3.8, 4) is 0 Å². The molecule has 0 heterocycles. The predicted octanol–water partition coefficient (Wildman–Crippen LogP) is -2.82. The normalized spacial score (nSPS) is 12.5. The summed E-state index contributed by atoms with van der Waals surface area (Å²) in [6.45, 7) is 8.42. The van der Waals surface area contributed by atoms with Crippen LogP contribution in [0.4, 0.5) is 0 Å². The van der Waals surface area contributed by atoms with Crippen LogP contribution >= 0.6 is 0 Å². The molecular weight excluding hydrogens is 664 g/mol. The standard InChI is InChI=1S/C30H60N8O12/c1-4-47-30(2,3)10-9-27(41)38-24(29(43)36-13-16-46-19-22-50-33)6-8-26(40)37-23(28(42)35-12-15-45-18-21-49-32)5-7-25(39)34-11-14-44-17-20-48-31/h23-24H,4-22,31-33H2,1-3H3,(H,34,39)(H,35,42)(H,36,43)(H,37,40)(H,38,41). The molecule has 0 aromatic heterocycles. The second-order valence-corrected chi connectivity index (χ2v) is 11.4. The van der Waals surface area contributed by atoms with Gasteiger partial charge in [0.1, 0.15) is 12.1 Å². The Morgan fingerprint density at radius 2 is 0.960 bits per heavy atom. The fourth-order valence-corrected chi connectivity index (χ4v) is 4.22. The molecule has 0 aromatic rings. The minimum atomic E-state index is -1.07. The van der Waals surface area contributed by atoms with Gasteiger partial charge in [0.05, 0.1) is 65.1 Å². The summed E-state index contributed by atoms with van der Waals surface area (Å²) in [6.07, 6.45) is 0.125. The molecule has 5 amide bonds. The fourth-order valence-electron chi connectivity index (χ4n) is 4.22. The van der Waals surface area contributed by atoms with Crippen LogP contribution in [0.5, 0.6) is 0 Å². The number of hydrogen-bond donors (Lipinski definition) is 8. The lowest BCUT2D eigenvalue weighted by Gasteiger charge is -2.25. The lowest BCUT2D eigenvalue weighted by molar-refractivity contribution is -0.131. The van der Waals surface area contributed by atoms with Crippen molar-refractivity contribution in [1.29, 1.82) is 0 Å². The first-order valence-electron chi connectivity index (χ1n) is 16.7. The number of hydrogen-bond acceptors (Lipinski definition) is 15. The van der Waals surface area contributed by atoms with Crippen LogP contribution in [-0.2, 0) is 57.4 Å². The molecule has 0 aliphatic rings. The highest BCUT2D eigenvalue weighted by molar-refractivity contribution is 5.90. The van der Waals surface area contributed by atoms with E-state index in [2.05, 4.69) is 41.1 Å². The van der Waals surface area contributed by atoms with Crippen LogP contribution in [0.25, 0.3) is 0 Å². The third-order valence-corrected chi connectivity index (χ3v) is 6.81. The highest BCUT2D eigenvalue weighted by Crippen LogP contribution is 2.16. The number of nitrogens with one attached hydrogen (secondary N) is 5. The third-order valence-electron chi connectivity index (χ3n) is 6.81. The van der Waals surface area contributed by atoms with Crippen molar-refractivity contribution in [3.05, 3.63) is 0 Å². The molecule has 2 atom stereocenters. The van der Waals surface area contributed by atoms with Crippen molar-refractivity contribution in [2.75, 3.05) is 85.7 Å². The number of amides is 5. The van der Waals surface area contributed by atoms with Gasteiger partial charge in [0.15, 0.2) is 0 Å². The third kappa shape index (κ3) is 26.8. The van der Waals surface area contributed by atoms with E-state index >= 15 is 0 Å². The summed E-state index contributed by atoms with van der Waals surface area (Å²) in [5.41, 5.74) is -0.542. The van der Waals surface area contributed by atoms with E-state index in [0.717, 1.165) is 0 Å². The quantitative estimate of drug-likeness (QED) is 0.0250. The van der Waals surface area contributed by atoms with E-state index in [9.17, 15) is 24.0 Å². The van der Waals surface area contributed by atoms with Crippen molar-refractivity contribution in [3.63, 3.8) is 0 Å². The Bertz CT molecular complexity index is 948. The van der Waals surface area contributed by atoms with Gasteiger partial charge in [-0.3, -0.25) is 24.0 Å². The Morgan fingerprint density at radius 3 is 1.38 bits per heavy atom. The Hall–Kier alpha value is -3.05. The smallest absolute Gasteiger partial charge is 0.242 e. The number of rotatable bonds is 33. The van der Waals surface area contributed by atoms with E-state index < -0.39 is 41.3 Å². The molecule has 0 aromatic carbocycles. The van der Waals surface area contributed by atoms with Crippen LogP contribution in [0.2, 0.25) is 0 Å². The molecule has 2 unspecified atom stereocenters. The zero-order chi connectivity index (χ0) is 37.5. The van der Waals surface area contributed by atoms with Crippen molar-refractivity contribution in [2.45, 2.75) is 77.0 Å². The molecule has 0 fully saturated rings. The largest absolute Gasteiger partial charge is 0.377 e. The van der Waals surface area contributed by atoms with E-state index in [1.54, 1.807) is 0 Å². The molecule has 50 heavy (non-hydrogen) atoms. The van der Waals surface area contributed by atoms with Crippen LogP contribution in [0.1, 0.15) is 59.3 Å². The zero-order valence-electron chi connectivity index (χ0n) is 29.7.